The van der Waals surface area contributed by atoms with E-state index in [0.29, 0.717) is 26.9 Å². The number of rotatable bonds is 2. The molecule has 3 nitrogen and oxygen atoms in total. The van der Waals surface area contributed by atoms with E-state index < -0.39 is 0 Å². The SMILES string of the molecule is Nc1ccc(Cl)c(C(=O)c2c[nH]c3c(Cl)cccc23)c1. The van der Waals surface area contributed by atoms with E-state index >= 15 is 0 Å². The summed E-state index contributed by atoms with van der Waals surface area (Å²) < 4.78 is 0. The van der Waals surface area contributed by atoms with E-state index in [1.54, 1.807) is 36.5 Å². The number of hydrogen-bond donors (Lipinski definition) is 2. The van der Waals surface area contributed by atoms with Crippen molar-refractivity contribution < 1.29 is 4.79 Å². The number of nitrogen functional groups attached to an aromatic ring is 1. The molecular weight excluding hydrogens is 295 g/mol. The molecule has 0 radical (unpaired) electrons. The van der Waals surface area contributed by atoms with Crippen LogP contribution >= 0.6 is 23.2 Å². The molecule has 0 fully saturated rings. The summed E-state index contributed by atoms with van der Waals surface area (Å²) in [4.78, 5) is 15.6. The Balaban J connectivity index is 2.18. The number of anilines is 1. The second kappa shape index (κ2) is 4.85. The predicted molar refractivity (Wildman–Crippen MR) is 82.6 cm³/mol. The molecule has 100 valence electrons. The minimum atomic E-state index is -0.184. The van der Waals surface area contributed by atoms with Gasteiger partial charge in [0.15, 0.2) is 5.78 Å². The van der Waals surface area contributed by atoms with Crippen molar-refractivity contribution in [1.29, 1.82) is 0 Å². The van der Waals surface area contributed by atoms with E-state index in [2.05, 4.69) is 4.98 Å². The summed E-state index contributed by atoms with van der Waals surface area (Å²) in [6.07, 6.45) is 1.64. The Kier molecular flexibility index (Phi) is 3.16. The Labute approximate surface area is 125 Å². The van der Waals surface area contributed by atoms with Crippen LogP contribution in [0.4, 0.5) is 5.69 Å². The van der Waals surface area contributed by atoms with E-state index in [0.717, 1.165) is 10.9 Å². The summed E-state index contributed by atoms with van der Waals surface area (Å²) in [6.45, 7) is 0. The minimum absolute atomic E-state index is 0.184. The van der Waals surface area contributed by atoms with Crippen molar-refractivity contribution in [3.05, 3.63) is 63.8 Å². The summed E-state index contributed by atoms with van der Waals surface area (Å²) in [5.74, 6) is -0.184. The molecular formula is C15H10Cl2N2O. The molecule has 1 aromatic heterocycles. The number of fused-ring (bicyclic) bond motifs is 1. The van der Waals surface area contributed by atoms with Crippen LogP contribution in [0.3, 0.4) is 0 Å². The van der Waals surface area contributed by atoms with Gasteiger partial charge in [0.2, 0.25) is 0 Å². The van der Waals surface area contributed by atoms with Gasteiger partial charge in [0, 0.05) is 28.4 Å². The zero-order chi connectivity index (χ0) is 14.3. The maximum atomic E-state index is 12.6. The molecule has 1 heterocycles. The summed E-state index contributed by atoms with van der Waals surface area (Å²) in [5.41, 5.74) is 7.85. The Hall–Kier alpha value is -1.97. The molecule has 0 spiro atoms. The number of para-hydroxylation sites is 1. The molecule has 5 heteroatoms. The average molecular weight is 305 g/mol. The maximum Gasteiger partial charge on any atom is 0.196 e. The van der Waals surface area contributed by atoms with Gasteiger partial charge in [0.25, 0.3) is 0 Å². The number of nitrogens with two attached hydrogens (primary N) is 1. The first-order chi connectivity index (χ1) is 9.58. The summed E-state index contributed by atoms with van der Waals surface area (Å²) in [7, 11) is 0. The summed E-state index contributed by atoms with van der Waals surface area (Å²) >= 11 is 12.2. The van der Waals surface area contributed by atoms with E-state index in [4.69, 9.17) is 28.9 Å². The van der Waals surface area contributed by atoms with Crippen molar-refractivity contribution in [1.82, 2.24) is 4.98 Å². The molecule has 0 aliphatic carbocycles. The number of benzene rings is 2. The molecule has 0 amide bonds. The quantitative estimate of drug-likeness (QED) is 0.548. The normalized spacial score (nSPS) is 10.9. The number of halogens is 2. The molecule has 0 aliphatic rings. The first-order valence-electron chi connectivity index (χ1n) is 5.93. The maximum absolute atomic E-state index is 12.6. The van der Waals surface area contributed by atoms with Crippen molar-refractivity contribution in [3.8, 4) is 0 Å². The van der Waals surface area contributed by atoms with Gasteiger partial charge in [-0.2, -0.15) is 0 Å². The highest BCUT2D eigenvalue weighted by Gasteiger charge is 2.17. The van der Waals surface area contributed by atoms with Crippen LogP contribution in [0.1, 0.15) is 15.9 Å². The largest absolute Gasteiger partial charge is 0.399 e. The fourth-order valence-electron chi connectivity index (χ4n) is 2.17. The molecule has 0 aliphatic heterocycles. The van der Waals surface area contributed by atoms with Gasteiger partial charge in [-0.1, -0.05) is 35.3 Å². The Morgan fingerprint density at radius 3 is 2.65 bits per heavy atom. The topological polar surface area (TPSA) is 58.9 Å². The van der Waals surface area contributed by atoms with Gasteiger partial charge in [0.1, 0.15) is 0 Å². The molecule has 3 aromatic rings. The molecule has 0 atom stereocenters. The standard InChI is InChI=1S/C15H10Cl2N2O/c16-12-5-4-8(18)6-10(12)15(20)11-7-19-14-9(11)2-1-3-13(14)17/h1-7,19H,18H2. The third-order valence-corrected chi connectivity index (χ3v) is 3.79. The van der Waals surface area contributed by atoms with Crippen LogP contribution < -0.4 is 5.73 Å². The predicted octanol–water partition coefficient (Wildman–Crippen LogP) is 4.29. The van der Waals surface area contributed by atoms with Gasteiger partial charge in [0.05, 0.1) is 15.6 Å². The van der Waals surface area contributed by atoms with Crippen LogP contribution in [-0.4, -0.2) is 10.8 Å². The molecule has 3 rings (SSSR count). The number of nitrogens with one attached hydrogen (secondary N) is 1. The lowest BCUT2D eigenvalue weighted by Crippen LogP contribution is -2.02. The van der Waals surface area contributed by atoms with Crippen LogP contribution in [0.2, 0.25) is 10.0 Å². The van der Waals surface area contributed by atoms with Crippen LogP contribution in [0.15, 0.2) is 42.6 Å². The van der Waals surface area contributed by atoms with E-state index in [1.165, 1.54) is 0 Å². The van der Waals surface area contributed by atoms with Gasteiger partial charge in [-0.15, -0.1) is 0 Å². The van der Waals surface area contributed by atoms with Gasteiger partial charge < -0.3 is 10.7 Å². The highest BCUT2D eigenvalue weighted by Crippen LogP contribution is 2.29. The summed E-state index contributed by atoms with van der Waals surface area (Å²) in [6, 6.07) is 10.3. The highest BCUT2D eigenvalue weighted by molar-refractivity contribution is 6.37. The van der Waals surface area contributed by atoms with E-state index in [1.807, 2.05) is 6.07 Å². The number of H-pyrrole nitrogens is 1. The monoisotopic (exact) mass is 304 g/mol. The van der Waals surface area contributed by atoms with Crippen molar-refractivity contribution in [2.24, 2.45) is 0 Å². The van der Waals surface area contributed by atoms with Crippen LogP contribution in [-0.2, 0) is 0 Å². The van der Waals surface area contributed by atoms with Gasteiger partial charge in [-0.25, -0.2) is 0 Å². The van der Waals surface area contributed by atoms with E-state index in [-0.39, 0.29) is 5.78 Å². The second-order valence-corrected chi connectivity index (χ2v) is 5.25. The minimum Gasteiger partial charge on any atom is -0.399 e. The van der Waals surface area contributed by atoms with Crippen molar-refractivity contribution >= 4 is 45.6 Å². The summed E-state index contributed by atoms with van der Waals surface area (Å²) in [5, 5.41) is 1.71. The molecule has 0 saturated heterocycles. The lowest BCUT2D eigenvalue weighted by Gasteiger charge is -2.04. The van der Waals surface area contributed by atoms with Crippen LogP contribution in [0.5, 0.6) is 0 Å². The fourth-order valence-corrected chi connectivity index (χ4v) is 2.60. The van der Waals surface area contributed by atoms with Crippen LogP contribution in [0.25, 0.3) is 10.9 Å². The number of aromatic nitrogens is 1. The number of ketones is 1. The van der Waals surface area contributed by atoms with Crippen molar-refractivity contribution in [3.63, 3.8) is 0 Å². The van der Waals surface area contributed by atoms with Gasteiger partial charge in [-0.05, 0) is 24.3 Å². The van der Waals surface area contributed by atoms with Crippen LogP contribution in [0, 0.1) is 0 Å². The third kappa shape index (κ3) is 2.05. The molecule has 0 saturated carbocycles. The first kappa shape index (κ1) is 13.0. The number of aromatic amines is 1. The number of hydrogen-bond acceptors (Lipinski definition) is 2. The Bertz CT molecular complexity index is 824. The lowest BCUT2D eigenvalue weighted by atomic mass is 10.0. The molecule has 0 bridgehead atoms. The molecule has 3 N–H and O–H groups in total. The highest BCUT2D eigenvalue weighted by atomic mass is 35.5. The molecule has 2 aromatic carbocycles. The number of carbonyl (C=O) groups is 1. The zero-order valence-corrected chi connectivity index (χ0v) is 11.8. The lowest BCUT2D eigenvalue weighted by molar-refractivity contribution is 0.104. The van der Waals surface area contributed by atoms with Crippen molar-refractivity contribution in [2.75, 3.05) is 5.73 Å². The third-order valence-electron chi connectivity index (χ3n) is 3.14. The Morgan fingerprint density at radius 1 is 1.05 bits per heavy atom. The van der Waals surface area contributed by atoms with Gasteiger partial charge in [-0.3, -0.25) is 4.79 Å². The van der Waals surface area contributed by atoms with Crippen molar-refractivity contribution in [2.45, 2.75) is 0 Å². The average Bonchev–Trinajstić information content (AvgIpc) is 2.86. The first-order valence-corrected chi connectivity index (χ1v) is 6.69. The number of carbonyl (C=O) groups excluding carboxylic acids is 1. The zero-order valence-electron chi connectivity index (χ0n) is 10.3. The van der Waals surface area contributed by atoms with E-state index in [9.17, 15) is 4.79 Å². The smallest absolute Gasteiger partial charge is 0.196 e. The Morgan fingerprint density at radius 2 is 1.85 bits per heavy atom. The second-order valence-electron chi connectivity index (χ2n) is 4.43. The molecule has 0 unspecified atom stereocenters. The molecule has 20 heavy (non-hydrogen) atoms. The van der Waals surface area contributed by atoms with Gasteiger partial charge >= 0.3 is 0 Å². The fraction of sp³-hybridized carbons (Fsp3) is 0.